The molecular weight excluding hydrogens is 470 g/mol. The highest BCUT2D eigenvalue weighted by atomic mass is 16.5. The Morgan fingerprint density at radius 2 is 1.73 bits per heavy atom. The van der Waals surface area contributed by atoms with Crippen molar-refractivity contribution in [2.24, 2.45) is 5.41 Å². The van der Waals surface area contributed by atoms with Gasteiger partial charge in [-0.25, -0.2) is 0 Å². The van der Waals surface area contributed by atoms with Crippen molar-refractivity contribution < 1.29 is 19.1 Å². The summed E-state index contributed by atoms with van der Waals surface area (Å²) in [6.07, 6.45) is 3.68. The van der Waals surface area contributed by atoms with E-state index in [9.17, 15) is 14.4 Å². The van der Waals surface area contributed by atoms with E-state index in [-0.39, 0.29) is 36.4 Å². The molecule has 3 heterocycles. The number of hydrogen-bond donors (Lipinski definition) is 2. The van der Waals surface area contributed by atoms with Crippen LogP contribution in [0.2, 0.25) is 0 Å². The van der Waals surface area contributed by atoms with Gasteiger partial charge in [0.1, 0.15) is 24.8 Å². The summed E-state index contributed by atoms with van der Waals surface area (Å²) in [7, 11) is 1.81. The molecule has 3 saturated heterocycles. The number of likely N-dealkylation sites (tertiary alicyclic amines) is 1. The number of amides is 2. The summed E-state index contributed by atoms with van der Waals surface area (Å²) in [5.74, 6) is -0.614. The Hall–Kier alpha value is -2.49. The number of ketones is 1. The molecule has 4 fully saturated rings. The first-order valence-corrected chi connectivity index (χ1v) is 13.7. The quantitative estimate of drug-likeness (QED) is 0.594. The minimum absolute atomic E-state index is 0.0197. The molecule has 9 nitrogen and oxygen atoms in total. The normalized spacial score (nSPS) is 27.7. The van der Waals surface area contributed by atoms with Gasteiger partial charge in [-0.2, -0.15) is 0 Å². The average Bonchev–Trinajstić information content (AvgIpc) is 3.41. The van der Waals surface area contributed by atoms with Crippen LogP contribution in [0.1, 0.15) is 50.4 Å². The van der Waals surface area contributed by atoms with Crippen molar-refractivity contribution in [3.63, 3.8) is 0 Å². The van der Waals surface area contributed by atoms with Crippen molar-refractivity contribution in [1.82, 2.24) is 20.4 Å². The highest BCUT2D eigenvalue weighted by Gasteiger charge is 2.53. The van der Waals surface area contributed by atoms with E-state index in [4.69, 9.17) is 4.74 Å². The molecule has 0 bridgehead atoms. The molecule has 0 spiro atoms. The second-order valence-electron chi connectivity index (χ2n) is 12.0. The van der Waals surface area contributed by atoms with E-state index in [1.807, 2.05) is 52.1 Å². The van der Waals surface area contributed by atoms with Gasteiger partial charge in [-0.3, -0.25) is 19.3 Å². The number of fused-ring (bicyclic) bond motifs is 1. The maximum Gasteiger partial charge on any atom is 0.251 e. The van der Waals surface area contributed by atoms with Crippen LogP contribution in [0, 0.1) is 5.41 Å². The molecule has 1 aliphatic carbocycles. The number of ether oxygens (including phenoxy) is 1. The first kappa shape index (κ1) is 26.1. The molecule has 1 unspecified atom stereocenters. The van der Waals surface area contributed by atoms with Gasteiger partial charge in [-0.05, 0) is 49.6 Å². The lowest BCUT2D eigenvalue weighted by atomic mass is 9.85. The molecule has 4 atom stereocenters. The molecule has 37 heavy (non-hydrogen) atoms. The van der Waals surface area contributed by atoms with Gasteiger partial charge in [0.05, 0.1) is 6.04 Å². The minimum atomic E-state index is -0.774. The van der Waals surface area contributed by atoms with Crippen LogP contribution in [-0.4, -0.2) is 104 Å². The Kier molecular flexibility index (Phi) is 7.31. The Balaban J connectivity index is 1.24. The lowest BCUT2D eigenvalue weighted by Crippen LogP contribution is -2.57. The van der Waals surface area contributed by atoms with Crippen LogP contribution >= 0.6 is 0 Å². The topological polar surface area (TPSA) is 94.2 Å². The summed E-state index contributed by atoms with van der Waals surface area (Å²) in [5, 5.41) is 6.15. The third-order valence-electron chi connectivity index (χ3n) is 8.63. The van der Waals surface area contributed by atoms with E-state index in [0.29, 0.717) is 12.1 Å². The third-order valence-corrected chi connectivity index (χ3v) is 8.63. The fourth-order valence-corrected chi connectivity index (χ4v) is 6.09. The minimum Gasteiger partial charge on any atom is -0.369 e. The SMILES string of the molecule is CN[C@H]1CN(C(=O)C(NC(=O)c2ccc(N3CCN(C4CCC4)CC3)cc2)C(C)(C)C)[C@@H]2C(=O)CO[C@H]12. The van der Waals surface area contributed by atoms with Crippen molar-refractivity contribution in [2.75, 3.05) is 51.3 Å². The van der Waals surface area contributed by atoms with Gasteiger partial charge in [0.25, 0.3) is 5.91 Å². The molecule has 9 heteroatoms. The molecule has 2 N–H and O–H groups in total. The largest absolute Gasteiger partial charge is 0.369 e. The van der Waals surface area contributed by atoms with E-state index < -0.39 is 17.5 Å². The maximum atomic E-state index is 13.7. The van der Waals surface area contributed by atoms with Gasteiger partial charge in [-0.1, -0.05) is 27.2 Å². The van der Waals surface area contributed by atoms with Gasteiger partial charge < -0.3 is 25.2 Å². The summed E-state index contributed by atoms with van der Waals surface area (Å²) >= 11 is 0. The highest BCUT2D eigenvalue weighted by Crippen LogP contribution is 2.31. The summed E-state index contributed by atoms with van der Waals surface area (Å²) in [4.78, 5) is 46.1. The second-order valence-corrected chi connectivity index (χ2v) is 12.0. The lowest BCUT2D eigenvalue weighted by Gasteiger charge is -2.43. The number of Topliss-reactive ketones (excluding diaryl/α,β-unsaturated/α-hetero) is 1. The number of hydrogen-bond acceptors (Lipinski definition) is 7. The lowest BCUT2D eigenvalue weighted by molar-refractivity contribution is -0.140. The van der Waals surface area contributed by atoms with Crippen LogP contribution in [0.5, 0.6) is 0 Å². The van der Waals surface area contributed by atoms with Gasteiger partial charge in [0.15, 0.2) is 5.78 Å². The molecule has 2 amide bonds. The number of piperazine rings is 1. The van der Waals surface area contributed by atoms with E-state index in [1.165, 1.54) is 19.3 Å². The number of nitrogens with one attached hydrogen (secondary N) is 2. The molecule has 3 aliphatic heterocycles. The van der Waals surface area contributed by atoms with E-state index in [2.05, 4.69) is 20.4 Å². The summed E-state index contributed by atoms with van der Waals surface area (Å²) in [6, 6.07) is 6.97. The summed E-state index contributed by atoms with van der Waals surface area (Å²) in [6.45, 7) is 10.3. The predicted molar refractivity (Wildman–Crippen MR) is 142 cm³/mol. The molecule has 5 rings (SSSR count). The summed E-state index contributed by atoms with van der Waals surface area (Å²) in [5.41, 5.74) is 1.10. The molecule has 202 valence electrons. The monoisotopic (exact) mass is 511 g/mol. The highest BCUT2D eigenvalue weighted by molar-refractivity contribution is 5.99. The first-order valence-electron chi connectivity index (χ1n) is 13.7. The van der Waals surface area contributed by atoms with Crippen molar-refractivity contribution in [2.45, 2.75) is 70.3 Å². The second kappa shape index (κ2) is 10.3. The standard InChI is InChI=1S/C28H41N5O4/c1-28(2,3)25(27(36)33-16-21(29-4)24-23(33)22(34)17-37-24)30-26(35)18-8-10-20(11-9-18)32-14-12-31(13-15-32)19-6-5-7-19/h8-11,19,21,23-25,29H,5-7,12-17H2,1-4H3,(H,30,35)/t21-,23+,24+,25?/m0/s1. The molecule has 1 aromatic rings. The van der Waals surface area contributed by atoms with E-state index >= 15 is 0 Å². The predicted octanol–water partition coefficient (Wildman–Crippen LogP) is 1.27. The van der Waals surface area contributed by atoms with Crippen LogP contribution in [0.15, 0.2) is 24.3 Å². The zero-order valence-corrected chi connectivity index (χ0v) is 22.5. The fourth-order valence-electron chi connectivity index (χ4n) is 6.09. The zero-order valence-electron chi connectivity index (χ0n) is 22.5. The number of benzene rings is 1. The molecule has 4 aliphatic rings. The fraction of sp³-hybridized carbons (Fsp3) is 0.679. The molecule has 0 aromatic heterocycles. The van der Waals surface area contributed by atoms with Gasteiger partial charge in [-0.15, -0.1) is 0 Å². The van der Waals surface area contributed by atoms with E-state index in [0.717, 1.165) is 37.9 Å². The number of carbonyl (C=O) groups is 3. The average molecular weight is 512 g/mol. The number of carbonyl (C=O) groups excluding carboxylic acids is 3. The van der Waals surface area contributed by atoms with Gasteiger partial charge in [0, 0.05) is 50.0 Å². The Morgan fingerprint density at radius 1 is 1.05 bits per heavy atom. The van der Waals surface area contributed by atoms with Crippen LogP contribution < -0.4 is 15.5 Å². The maximum absolute atomic E-state index is 13.7. The molecule has 1 aromatic carbocycles. The molecular formula is C28H41N5O4. The third kappa shape index (κ3) is 5.13. The smallest absolute Gasteiger partial charge is 0.251 e. The number of nitrogens with zero attached hydrogens (tertiary/aromatic N) is 3. The molecule has 0 radical (unpaired) electrons. The number of likely N-dealkylation sites (N-methyl/N-ethyl adjacent to an activating group) is 1. The van der Waals surface area contributed by atoms with Gasteiger partial charge >= 0.3 is 0 Å². The van der Waals surface area contributed by atoms with E-state index in [1.54, 1.807) is 4.90 Å². The van der Waals surface area contributed by atoms with Crippen LogP contribution in [0.4, 0.5) is 5.69 Å². The molecule has 1 saturated carbocycles. The number of rotatable bonds is 6. The number of anilines is 1. The van der Waals surface area contributed by atoms with Crippen molar-refractivity contribution in [3.8, 4) is 0 Å². The van der Waals surface area contributed by atoms with Crippen molar-refractivity contribution in [3.05, 3.63) is 29.8 Å². The first-order chi connectivity index (χ1) is 17.7. The van der Waals surface area contributed by atoms with Gasteiger partial charge in [0.2, 0.25) is 5.91 Å². The Labute approximate surface area is 219 Å². The van der Waals surface area contributed by atoms with Crippen LogP contribution in [0.3, 0.4) is 0 Å². The summed E-state index contributed by atoms with van der Waals surface area (Å²) < 4.78 is 5.68. The van der Waals surface area contributed by atoms with Crippen molar-refractivity contribution >= 4 is 23.3 Å². The van der Waals surface area contributed by atoms with Crippen molar-refractivity contribution in [1.29, 1.82) is 0 Å². The zero-order chi connectivity index (χ0) is 26.3. The Morgan fingerprint density at radius 3 is 2.30 bits per heavy atom. The Bertz CT molecular complexity index is 1010. The van der Waals surface area contributed by atoms with Crippen LogP contribution in [0.25, 0.3) is 0 Å². The van der Waals surface area contributed by atoms with Crippen LogP contribution in [-0.2, 0) is 14.3 Å².